The van der Waals surface area contributed by atoms with Crippen molar-refractivity contribution in [1.82, 2.24) is 25.2 Å². The SMILES string of the molecule is CCN(CCn1cc(CNC)nn1)C(C)COC. The van der Waals surface area contributed by atoms with Crippen LogP contribution in [0.25, 0.3) is 0 Å². The van der Waals surface area contributed by atoms with E-state index in [0.717, 1.165) is 38.5 Å². The highest BCUT2D eigenvalue weighted by Gasteiger charge is 2.11. The van der Waals surface area contributed by atoms with Crippen molar-refractivity contribution in [1.29, 1.82) is 0 Å². The predicted molar refractivity (Wildman–Crippen MR) is 71.4 cm³/mol. The molecule has 1 heterocycles. The van der Waals surface area contributed by atoms with Crippen LogP contribution in [0.5, 0.6) is 0 Å². The van der Waals surface area contributed by atoms with Gasteiger partial charge >= 0.3 is 0 Å². The van der Waals surface area contributed by atoms with Crippen LogP contribution in [-0.4, -0.2) is 59.8 Å². The summed E-state index contributed by atoms with van der Waals surface area (Å²) < 4.78 is 7.09. The maximum atomic E-state index is 5.19. The third-order valence-corrected chi connectivity index (χ3v) is 3.00. The van der Waals surface area contributed by atoms with Gasteiger partial charge in [-0.1, -0.05) is 12.1 Å². The molecule has 1 atom stereocenters. The number of ether oxygens (including phenoxy) is 1. The molecule has 0 aliphatic rings. The Hall–Kier alpha value is -0.980. The van der Waals surface area contributed by atoms with E-state index in [9.17, 15) is 0 Å². The van der Waals surface area contributed by atoms with Gasteiger partial charge in [0.25, 0.3) is 0 Å². The topological polar surface area (TPSA) is 55.2 Å². The van der Waals surface area contributed by atoms with Gasteiger partial charge in [0.2, 0.25) is 0 Å². The van der Waals surface area contributed by atoms with E-state index in [4.69, 9.17) is 4.74 Å². The molecule has 0 saturated heterocycles. The van der Waals surface area contributed by atoms with Crippen molar-refractivity contribution in [3.05, 3.63) is 11.9 Å². The minimum atomic E-state index is 0.431. The van der Waals surface area contributed by atoms with Gasteiger partial charge in [-0.2, -0.15) is 0 Å². The number of hydrogen-bond donors (Lipinski definition) is 1. The van der Waals surface area contributed by atoms with Crippen molar-refractivity contribution in [2.75, 3.05) is 33.9 Å². The first-order valence-electron chi connectivity index (χ1n) is 6.47. The highest BCUT2D eigenvalue weighted by molar-refractivity contribution is 4.91. The second kappa shape index (κ2) is 8.18. The fourth-order valence-corrected chi connectivity index (χ4v) is 1.98. The van der Waals surface area contributed by atoms with Gasteiger partial charge in [-0.15, -0.1) is 5.10 Å². The van der Waals surface area contributed by atoms with E-state index in [1.165, 1.54) is 0 Å². The van der Waals surface area contributed by atoms with Crippen LogP contribution >= 0.6 is 0 Å². The molecule has 1 aromatic heterocycles. The Labute approximate surface area is 109 Å². The fourth-order valence-electron chi connectivity index (χ4n) is 1.98. The second-order valence-electron chi connectivity index (χ2n) is 4.44. The summed E-state index contributed by atoms with van der Waals surface area (Å²) in [4.78, 5) is 2.38. The lowest BCUT2D eigenvalue weighted by molar-refractivity contribution is 0.0994. The number of aromatic nitrogens is 3. The van der Waals surface area contributed by atoms with E-state index in [1.807, 2.05) is 17.9 Å². The number of methoxy groups -OCH3 is 1. The zero-order valence-corrected chi connectivity index (χ0v) is 11.9. The van der Waals surface area contributed by atoms with Crippen LogP contribution in [0, 0.1) is 0 Å². The zero-order chi connectivity index (χ0) is 13.4. The molecule has 0 aliphatic heterocycles. The molecule has 1 N–H and O–H groups in total. The van der Waals surface area contributed by atoms with Crippen LogP contribution in [0.1, 0.15) is 19.5 Å². The summed E-state index contributed by atoms with van der Waals surface area (Å²) in [6, 6.07) is 0.431. The molecule has 0 amide bonds. The van der Waals surface area contributed by atoms with Crippen LogP contribution in [-0.2, 0) is 17.8 Å². The molecule has 0 fully saturated rings. The van der Waals surface area contributed by atoms with Crippen molar-refractivity contribution < 1.29 is 4.74 Å². The molecule has 0 bridgehead atoms. The first-order valence-corrected chi connectivity index (χ1v) is 6.47. The van der Waals surface area contributed by atoms with Gasteiger partial charge in [0.15, 0.2) is 0 Å². The Morgan fingerprint density at radius 3 is 2.94 bits per heavy atom. The normalized spacial score (nSPS) is 13.2. The predicted octanol–water partition coefficient (Wildman–Crippen LogP) is 0.354. The van der Waals surface area contributed by atoms with E-state index in [2.05, 4.69) is 34.4 Å². The van der Waals surface area contributed by atoms with Crippen molar-refractivity contribution in [2.24, 2.45) is 0 Å². The van der Waals surface area contributed by atoms with Gasteiger partial charge in [0.1, 0.15) is 0 Å². The Morgan fingerprint density at radius 1 is 1.56 bits per heavy atom. The van der Waals surface area contributed by atoms with E-state index in [1.54, 1.807) is 7.11 Å². The van der Waals surface area contributed by atoms with E-state index >= 15 is 0 Å². The average molecular weight is 255 g/mol. The first kappa shape index (κ1) is 15.1. The smallest absolute Gasteiger partial charge is 0.0964 e. The summed E-state index contributed by atoms with van der Waals surface area (Å²) >= 11 is 0. The van der Waals surface area contributed by atoms with Crippen LogP contribution in [0.3, 0.4) is 0 Å². The molecule has 6 heteroatoms. The highest BCUT2D eigenvalue weighted by atomic mass is 16.5. The maximum Gasteiger partial charge on any atom is 0.0964 e. The quantitative estimate of drug-likeness (QED) is 0.690. The molecular weight excluding hydrogens is 230 g/mol. The third kappa shape index (κ3) is 4.72. The summed E-state index contributed by atoms with van der Waals surface area (Å²) in [6.07, 6.45) is 1.99. The summed E-state index contributed by atoms with van der Waals surface area (Å²) in [5, 5.41) is 11.3. The molecule has 1 unspecified atom stereocenters. The Bertz CT molecular complexity index is 328. The highest BCUT2D eigenvalue weighted by Crippen LogP contribution is 2.00. The molecule has 0 spiro atoms. The minimum Gasteiger partial charge on any atom is -0.383 e. The van der Waals surface area contributed by atoms with Crippen molar-refractivity contribution in [3.63, 3.8) is 0 Å². The van der Waals surface area contributed by atoms with Crippen LogP contribution in [0.4, 0.5) is 0 Å². The van der Waals surface area contributed by atoms with E-state index in [0.29, 0.717) is 6.04 Å². The Morgan fingerprint density at radius 2 is 2.33 bits per heavy atom. The monoisotopic (exact) mass is 255 g/mol. The lowest BCUT2D eigenvalue weighted by Gasteiger charge is -2.26. The number of nitrogens with zero attached hydrogens (tertiary/aromatic N) is 4. The van der Waals surface area contributed by atoms with Gasteiger partial charge in [0.05, 0.1) is 18.8 Å². The number of likely N-dealkylation sites (N-methyl/N-ethyl adjacent to an activating group) is 1. The van der Waals surface area contributed by atoms with E-state index in [-0.39, 0.29) is 0 Å². The summed E-state index contributed by atoms with van der Waals surface area (Å²) in [7, 11) is 3.65. The van der Waals surface area contributed by atoms with Crippen molar-refractivity contribution in [3.8, 4) is 0 Å². The lowest BCUT2D eigenvalue weighted by Crippen LogP contribution is -2.38. The summed E-state index contributed by atoms with van der Waals surface area (Å²) in [6.45, 7) is 8.71. The summed E-state index contributed by atoms with van der Waals surface area (Å²) in [5.74, 6) is 0. The second-order valence-corrected chi connectivity index (χ2v) is 4.44. The molecule has 0 radical (unpaired) electrons. The van der Waals surface area contributed by atoms with Crippen molar-refractivity contribution >= 4 is 0 Å². The first-order chi connectivity index (χ1) is 8.71. The Kier molecular flexibility index (Phi) is 6.85. The number of hydrogen-bond acceptors (Lipinski definition) is 5. The average Bonchev–Trinajstić information content (AvgIpc) is 2.78. The standard InChI is InChI=1S/C12H25N5O/c1-5-16(11(2)10-18-4)6-7-17-9-12(8-13-3)14-15-17/h9,11,13H,5-8,10H2,1-4H3. The van der Waals surface area contributed by atoms with Gasteiger partial charge in [-0.3, -0.25) is 9.58 Å². The zero-order valence-electron chi connectivity index (χ0n) is 11.9. The van der Waals surface area contributed by atoms with Crippen LogP contribution in [0.15, 0.2) is 6.20 Å². The minimum absolute atomic E-state index is 0.431. The lowest BCUT2D eigenvalue weighted by atomic mass is 10.3. The number of rotatable bonds is 9. The molecule has 0 saturated carbocycles. The van der Waals surface area contributed by atoms with Gasteiger partial charge < -0.3 is 10.1 Å². The molecule has 6 nitrogen and oxygen atoms in total. The van der Waals surface area contributed by atoms with Crippen LogP contribution < -0.4 is 5.32 Å². The Balaban J connectivity index is 2.41. The maximum absolute atomic E-state index is 5.19. The number of nitrogens with one attached hydrogen (secondary N) is 1. The molecule has 1 rings (SSSR count). The molecule has 0 aromatic carbocycles. The molecule has 104 valence electrons. The third-order valence-electron chi connectivity index (χ3n) is 3.00. The van der Waals surface area contributed by atoms with Crippen LogP contribution in [0.2, 0.25) is 0 Å². The molecule has 0 aliphatic carbocycles. The molecule has 1 aromatic rings. The van der Waals surface area contributed by atoms with Gasteiger partial charge in [0, 0.05) is 32.4 Å². The van der Waals surface area contributed by atoms with Gasteiger partial charge in [-0.25, -0.2) is 0 Å². The van der Waals surface area contributed by atoms with Crippen molar-refractivity contribution in [2.45, 2.75) is 33.0 Å². The molecule has 18 heavy (non-hydrogen) atoms. The molecular formula is C12H25N5O. The largest absolute Gasteiger partial charge is 0.383 e. The fraction of sp³-hybridized carbons (Fsp3) is 0.833. The summed E-state index contributed by atoms with van der Waals surface area (Å²) in [5.41, 5.74) is 0.977. The van der Waals surface area contributed by atoms with Gasteiger partial charge in [-0.05, 0) is 20.5 Å². The van der Waals surface area contributed by atoms with E-state index < -0.39 is 0 Å².